The molecule has 4 aromatic rings. The number of amides is 1. The fourth-order valence-corrected chi connectivity index (χ4v) is 5.83. The van der Waals surface area contributed by atoms with Gasteiger partial charge in [-0.2, -0.15) is 0 Å². The van der Waals surface area contributed by atoms with Gasteiger partial charge in [-0.05, 0) is 79.1 Å². The zero-order valence-corrected chi connectivity index (χ0v) is 25.4. The highest BCUT2D eigenvalue weighted by Crippen LogP contribution is 2.34. The number of pyridine rings is 1. The lowest BCUT2D eigenvalue weighted by Gasteiger charge is -2.28. The van der Waals surface area contributed by atoms with E-state index in [2.05, 4.69) is 66.4 Å². The van der Waals surface area contributed by atoms with E-state index in [1.54, 1.807) is 10.8 Å². The molecule has 1 aliphatic rings. The van der Waals surface area contributed by atoms with Crippen LogP contribution in [0.4, 0.5) is 5.69 Å². The number of imidazole rings is 1. The van der Waals surface area contributed by atoms with Crippen molar-refractivity contribution in [3.05, 3.63) is 88.4 Å². The van der Waals surface area contributed by atoms with Crippen molar-refractivity contribution in [2.45, 2.75) is 65.7 Å². The molecule has 0 spiro atoms. The van der Waals surface area contributed by atoms with Crippen molar-refractivity contribution in [2.75, 3.05) is 25.0 Å². The molecule has 1 unspecified atom stereocenters. The van der Waals surface area contributed by atoms with Crippen molar-refractivity contribution < 1.29 is 4.79 Å². The second kappa shape index (κ2) is 12.4. The number of anilines is 1. The van der Waals surface area contributed by atoms with Gasteiger partial charge in [0.05, 0.1) is 12.7 Å². The van der Waals surface area contributed by atoms with Crippen LogP contribution in [-0.4, -0.2) is 51.2 Å². The molecule has 2 aromatic carbocycles. The molecule has 1 aliphatic heterocycles. The second-order valence-electron chi connectivity index (χ2n) is 11.5. The summed E-state index contributed by atoms with van der Waals surface area (Å²) >= 11 is 0. The Kier molecular flexibility index (Phi) is 8.64. The number of hydrogen-bond acceptors (Lipinski definition) is 5. The Morgan fingerprint density at radius 2 is 1.76 bits per heavy atom. The van der Waals surface area contributed by atoms with Crippen LogP contribution in [0.25, 0.3) is 28.0 Å². The number of aromatic nitrogens is 3. The summed E-state index contributed by atoms with van der Waals surface area (Å²) in [4.78, 5) is 35.3. The van der Waals surface area contributed by atoms with Gasteiger partial charge in [0.25, 0.3) is 5.56 Å². The molecule has 3 heterocycles. The first kappa shape index (κ1) is 29.3. The quantitative estimate of drug-likeness (QED) is 0.283. The van der Waals surface area contributed by atoms with E-state index in [1.807, 2.05) is 48.6 Å². The predicted molar refractivity (Wildman–Crippen MR) is 171 cm³/mol. The topological polar surface area (TPSA) is 89.4 Å². The maximum atomic E-state index is 13.4. The number of rotatable bonds is 9. The van der Waals surface area contributed by atoms with Crippen LogP contribution in [0.5, 0.6) is 0 Å². The van der Waals surface area contributed by atoms with Gasteiger partial charge in [-0.3, -0.25) is 9.59 Å². The van der Waals surface area contributed by atoms with E-state index in [0.717, 1.165) is 65.1 Å². The second-order valence-corrected chi connectivity index (χ2v) is 11.5. The van der Waals surface area contributed by atoms with Crippen molar-refractivity contribution in [2.24, 2.45) is 5.73 Å². The third-order valence-corrected chi connectivity index (χ3v) is 8.14. The van der Waals surface area contributed by atoms with Crippen LogP contribution < -0.4 is 16.2 Å². The number of nitrogens with two attached hydrogens (primary N) is 1. The lowest BCUT2D eigenvalue weighted by Crippen LogP contribution is -2.41. The summed E-state index contributed by atoms with van der Waals surface area (Å²) in [7, 11) is 1.98. The molecule has 0 saturated carbocycles. The summed E-state index contributed by atoms with van der Waals surface area (Å²) in [5.41, 5.74) is 11.3. The SMILES string of the molecule is CCCN(CCC)C(=O)C1=Cc2ccc(-c3ccc4c(=O)n(Cc5nccn5C(C)C)ccc4c3)cc2N(C)C(N)C1. The molecule has 42 heavy (non-hydrogen) atoms. The zero-order valence-electron chi connectivity index (χ0n) is 25.4. The van der Waals surface area contributed by atoms with Crippen LogP contribution in [0, 0.1) is 0 Å². The van der Waals surface area contributed by atoms with Crippen molar-refractivity contribution >= 4 is 28.4 Å². The Balaban J connectivity index is 1.47. The van der Waals surface area contributed by atoms with E-state index in [1.165, 1.54) is 0 Å². The molecule has 0 bridgehead atoms. The van der Waals surface area contributed by atoms with Crippen LogP contribution in [-0.2, 0) is 11.3 Å². The Hall–Kier alpha value is -4.17. The van der Waals surface area contributed by atoms with Gasteiger partial charge < -0.3 is 24.7 Å². The van der Waals surface area contributed by atoms with Crippen LogP contribution in [0.1, 0.15) is 64.4 Å². The third kappa shape index (κ3) is 5.77. The van der Waals surface area contributed by atoms with Crippen LogP contribution in [0.15, 0.2) is 71.4 Å². The summed E-state index contributed by atoms with van der Waals surface area (Å²) in [6.07, 6.45) is 9.61. The normalized spacial score (nSPS) is 15.1. The minimum atomic E-state index is -0.317. The summed E-state index contributed by atoms with van der Waals surface area (Å²) < 4.78 is 3.80. The van der Waals surface area contributed by atoms with E-state index in [4.69, 9.17) is 5.73 Å². The lowest BCUT2D eigenvalue weighted by atomic mass is 9.99. The lowest BCUT2D eigenvalue weighted by molar-refractivity contribution is -0.127. The molecule has 2 N–H and O–H groups in total. The molecule has 1 atom stereocenters. The first-order valence-electron chi connectivity index (χ1n) is 15.0. The molecule has 220 valence electrons. The van der Waals surface area contributed by atoms with Crippen molar-refractivity contribution in [3.63, 3.8) is 0 Å². The monoisotopic (exact) mass is 566 g/mol. The summed E-state index contributed by atoms with van der Waals surface area (Å²) in [5.74, 6) is 0.936. The highest BCUT2D eigenvalue weighted by atomic mass is 16.2. The Labute approximate surface area is 248 Å². The van der Waals surface area contributed by atoms with Gasteiger partial charge in [0.2, 0.25) is 5.91 Å². The predicted octanol–water partition coefficient (Wildman–Crippen LogP) is 5.65. The minimum Gasteiger partial charge on any atom is -0.358 e. The molecular formula is C34H42N6O2. The summed E-state index contributed by atoms with van der Waals surface area (Å²) in [6, 6.07) is 14.5. The molecule has 0 saturated heterocycles. The van der Waals surface area contributed by atoms with Gasteiger partial charge >= 0.3 is 0 Å². The van der Waals surface area contributed by atoms with E-state index in [9.17, 15) is 9.59 Å². The van der Waals surface area contributed by atoms with E-state index in [-0.39, 0.29) is 23.7 Å². The van der Waals surface area contributed by atoms with Crippen LogP contribution >= 0.6 is 0 Å². The molecule has 0 fully saturated rings. The Morgan fingerprint density at radius 3 is 2.48 bits per heavy atom. The maximum Gasteiger partial charge on any atom is 0.258 e. The van der Waals surface area contributed by atoms with Gasteiger partial charge in [-0.15, -0.1) is 0 Å². The first-order chi connectivity index (χ1) is 20.2. The van der Waals surface area contributed by atoms with E-state index >= 15 is 0 Å². The van der Waals surface area contributed by atoms with Gasteiger partial charge in [-0.1, -0.05) is 32.0 Å². The van der Waals surface area contributed by atoms with Gasteiger partial charge in [0.15, 0.2) is 0 Å². The molecule has 1 amide bonds. The van der Waals surface area contributed by atoms with Crippen molar-refractivity contribution in [1.29, 1.82) is 0 Å². The fourth-order valence-electron chi connectivity index (χ4n) is 5.83. The molecule has 0 radical (unpaired) electrons. The van der Waals surface area contributed by atoms with E-state index < -0.39 is 0 Å². The molecule has 2 aromatic heterocycles. The fraction of sp³-hybridized carbons (Fsp3) is 0.382. The smallest absolute Gasteiger partial charge is 0.258 e. The van der Waals surface area contributed by atoms with Crippen molar-refractivity contribution in [3.8, 4) is 11.1 Å². The zero-order chi connectivity index (χ0) is 30.0. The van der Waals surface area contributed by atoms with Gasteiger partial charge in [-0.25, -0.2) is 4.98 Å². The molecule has 5 rings (SSSR count). The molecule has 8 nitrogen and oxygen atoms in total. The average Bonchev–Trinajstić information content (AvgIpc) is 3.41. The standard InChI is InChI=1S/C34H42N6O2/c1-6-14-38(15-7-2)33(41)28-19-27-9-8-25(20-30(27)37(5)31(35)21-28)24-10-11-29-26(18-24)12-16-39(34(29)42)22-32-36-13-17-40(32)23(3)4/h8-13,16-20,23,31H,6-7,14-15,21-22,35H2,1-5H3. The number of carbonyl (C=O) groups excluding carboxylic acids is 1. The largest absolute Gasteiger partial charge is 0.358 e. The number of hydrogen-bond donors (Lipinski definition) is 1. The molecular weight excluding hydrogens is 524 g/mol. The summed E-state index contributed by atoms with van der Waals surface area (Å²) in [5, 5.41) is 1.56. The number of fused-ring (bicyclic) bond motifs is 2. The van der Waals surface area contributed by atoms with E-state index in [0.29, 0.717) is 18.4 Å². The third-order valence-electron chi connectivity index (χ3n) is 8.14. The molecule has 0 aliphatic carbocycles. The highest BCUT2D eigenvalue weighted by Gasteiger charge is 2.26. The maximum absolute atomic E-state index is 13.4. The number of carbonyl (C=O) groups is 1. The Morgan fingerprint density at radius 1 is 1.05 bits per heavy atom. The minimum absolute atomic E-state index is 0.0347. The van der Waals surface area contributed by atoms with Crippen molar-refractivity contribution in [1.82, 2.24) is 19.0 Å². The van der Waals surface area contributed by atoms with Crippen LogP contribution in [0.3, 0.4) is 0 Å². The number of nitrogens with zero attached hydrogens (tertiary/aromatic N) is 5. The Bertz CT molecular complexity index is 1680. The molecule has 8 heteroatoms. The highest BCUT2D eigenvalue weighted by molar-refractivity contribution is 5.99. The first-order valence-corrected chi connectivity index (χ1v) is 15.0. The van der Waals surface area contributed by atoms with Gasteiger partial charge in [0, 0.05) is 67.8 Å². The summed E-state index contributed by atoms with van der Waals surface area (Å²) in [6.45, 7) is 10.3. The van der Waals surface area contributed by atoms with Gasteiger partial charge in [0.1, 0.15) is 5.82 Å². The van der Waals surface area contributed by atoms with Crippen LogP contribution in [0.2, 0.25) is 0 Å². The number of benzene rings is 2. The average molecular weight is 567 g/mol.